The molecule has 21 heavy (non-hydrogen) atoms. The summed E-state index contributed by atoms with van der Waals surface area (Å²) in [4.78, 5) is 4.38. The van der Waals surface area contributed by atoms with Crippen LogP contribution in [0.5, 0.6) is 0 Å². The Labute approximate surface area is 121 Å². The van der Waals surface area contributed by atoms with Crippen molar-refractivity contribution in [3.8, 4) is 11.5 Å². The predicted molar refractivity (Wildman–Crippen MR) is 77.4 cm³/mol. The Hall–Kier alpha value is -2.70. The maximum absolute atomic E-state index is 5.83. The smallest absolute Gasteiger partial charge is 0.257 e. The molecule has 0 aliphatic heterocycles. The van der Waals surface area contributed by atoms with E-state index in [0.717, 1.165) is 11.3 Å². The first-order chi connectivity index (χ1) is 10.1. The first kappa shape index (κ1) is 13.3. The molecule has 0 unspecified atom stereocenters. The van der Waals surface area contributed by atoms with E-state index in [1.165, 1.54) is 0 Å². The summed E-state index contributed by atoms with van der Waals surface area (Å²) in [6, 6.07) is 9.63. The molecule has 7 heteroatoms. The second-order valence-corrected chi connectivity index (χ2v) is 5.05. The Morgan fingerprint density at radius 3 is 2.71 bits per heavy atom. The zero-order valence-corrected chi connectivity index (χ0v) is 11.9. The summed E-state index contributed by atoms with van der Waals surface area (Å²) in [5.41, 5.74) is 7.60. The minimum Gasteiger partial charge on any atom is -0.381 e. The highest BCUT2D eigenvalue weighted by Gasteiger charge is 2.16. The Bertz CT molecular complexity index is 731. The molecule has 0 amide bonds. The first-order valence-electron chi connectivity index (χ1n) is 6.72. The molecule has 0 radical (unpaired) electrons. The number of nitrogens with two attached hydrogens (primary N) is 1. The van der Waals surface area contributed by atoms with Crippen LogP contribution >= 0.6 is 0 Å². The lowest BCUT2D eigenvalue weighted by atomic mass is 10.1. The van der Waals surface area contributed by atoms with Crippen LogP contribution in [0.2, 0.25) is 0 Å². The topological polar surface area (TPSA) is 95.7 Å². The summed E-state index contributed by atoms with van der Waals surface area (Å²) >= 11 is 0. The van der Waals surface area contributed by atoms with Crippen LogP contribution in [-0.4, -0.2) is 25.1 Å². The minimum atomic E-state index is 0.223. The summed E-state index contributed by atoms with van der Waals surface area (Å²) in [6.07, 6.45) is 0. The molecule has 0 saturated heterocycles. The fraction of sp³-hybridized carbons (Fsp3) is 0.286. The van der Waals surface area contributed by atoms with Crippen molar-refractivity contribution in [1.29, 1.82) is 0 Å². The van der Waals surface area contributed by atoms with Gasteiger partial charge in [0.1, 0.15) is 6.54 Å². The van der Waals surface area contributed by atoms with Crippen molar-refractivity contribution in [3.05, 3.63) is 41.9 Å². The number of nitrogen functional groups attached to an aromatic ring is 1. The van der Waals surface area contributed by atoms with Crippen LogP contribution in [0.1, 0.15) is 31.3 Å². The zero-order chi connectivity index (χ0) is 14.8. The lowest BCUT2D eigenvalue weighted by molar-refractivity contribution is 0.417. The summed E-state index contributed by atoms with van der Waals surface area (Å²) in [7, 11) is 0. The maximum Gasteiger partial charge on any atom is 0.257 e. The third-order valence-corrected chi connectivity index (χ3v) is 3.13. The zero-order valence-electron chi connectivity index (χ0n) is 11.9. The van der Waals surface area contributed by atoms with Crippen molar-refractivity contribution in [3.63, 3.8) is 0 Å². The molecule has 2 aromatic heterocycles. The van der Waals surface area contributed by atoms with Crippen LogP contribution < -0.4 is 5.73 Å². The van der Waals surface area contributed by atoms with Gasteiger partial charge >= 0.3 is 0 Å². The van der Waals surface area contributed by atoms with Crippen LogP contribution in [0.25, 0.3) is 11.5 Å². The van der Waals surface area contributed by atoms with Gasteiger partial charge < -0.3 is 10.3 Å². The fourth-order valence-electron chi connectivity index (χ4n) is 2.19. The van der Waals surface area contributed by atoms with E-state index in [0.29, 0.717) is 24.1 Å². The van der Waals surface area contributed by atoms with Crippen LogP contribution in [0, 0.1) is 0 Å². The van der Waals surface area contributed by atoms with Gasteiger partial charge in [-0.3, -0.25) is 0 Å². The maximum atomic E-state index is 5.83. The largest absolute Gasteiger partial charge is 0.381 e. The van der Waals surface area contributed by atoms with E-state index in [9.17, 15) is 0 Å². The van der Waals surface area contributed by atoms with E-state index in [-0.39, 0.29) is 5.92 Å². The normalized spacial score (nSPS) is 11.2. The highest BCUT2D eigenvalue weighted by atomic mass is 16.5. The SMILES string of the molecule is CC(C)c1c(N)nnn1Cc1noc(-c2ccccc2)n1. The third kappa shape index (κ3) is 2.62. The Balaban J connectivity index is 1.85. The molecule has 2 heterocycles. The van der Waals surface area contributed by atoms with Crippen molar-refractivity contribution in [1.82, 2.24) is 25.1 Å². The molecule has 0 bridgehead atoms. The molecule has 3 rings (SSSR count). The molecule has 1 aromatic carbocycles. The average Bonchev–Trinajstić information content (AvgIpc) is 3.07. The van der Waals surface area contributed by atoms with Crippen LogP contribution in [0.4, 0.5) is 5.82 Å². The van der Waals surface area contributed by atoms with Gasteiger partial charge in [-0.2, -0.15) is 4.98 Å². The van der Waals surface area contributed by atoms with E-state index in [1.807, 2.05) is 44.2 Å². The van der Waals surface area contributed by atoms with E-state index in [2.05, 4.69) is 20.5 Å². The van der Waals surface area contributed by atoms with Crippen molar-refractivity contribution in [2.75, 3.05) is 5.73 Å². The van der Waals surface area contributed by atoms with Crippen molar-refractivity contribution < 1.29 is 4.52 Å². The third-order valence-electron chi connectivity index (χ3n) is 3.13. The Morgan fingerprint density at radius 1 is 1.24 bits per heavy atom. The van der Waals surface area contributed by atoms with Crippen molar-refractivity contribution in [2.45, 2.75) is 26.3 Å². The van der Waals surface area contributed by atoms with E-state index < -0.39 is 0 Å². The lowest BCUT2D eigenvalue weighted by Crippen LogP contribution is -2.09. The fourth-order valence-corrected chi connectivity index (χ4v) is 2.19. The number of hydrogen-bond donors (Lipinski definition) is 1. The second-order valence-electron chi connectivity index (χ2n) is 5.05. The van der Waals surface area contributed by atoms with Gasteiger partial charge in [0, 0.05) is 5.56 Å². The monoisotopic (exact) mass is 284 g/mol. The van der Waals surface area contributed by atoms with Gasteiger partial charge in [-0.05, 0) is 18.1 Å². The van der Waals surface area contributed by atoms with Gasteiger partial charge in [0.15, 0.2) is 11.6 Å². The molecule has 0 aliphatic rings. The number of aromatic nitrogens is 5. The van der Waals surface area contributed by atoms with Crippen LogP contribution in [-0.2, 0) is 6.54 Å². The second kappa shape index (κ2) is 5.35. The summed E-state index contributed by atoms with van der Waals surface area (Å²) in [6.45, 7) is 4.46. The molecule has 2 N–H and O–H groups in total. The minimum absolute atomic E-state index is 0.223. The molecule has 0 atom stereocenters. The number of hydrogen-bond acceptors (Lipinski definition) is 6. The molecule has 0 spiro atoms. The molecular formula is C14H16N6O. The Morgan fingerprint density at radius 2 is 2.00 bits per heavy atom. The van der Waals surface area contributed by atoms with Crippen LogP contribution in [0.15, 0.2) is 34.9 Å². The van der Waals surface area contributed by atoms with Crippen molar-refractivity contribution in [2.24, 2.45) is 0 Å². The molecule has 7 nitrogen and oxygen atoms in total. The molecule has 0 aliphatic carbocycles. The van der Waals surface area contributed by atoms with Crippen molar-refractivity contribution >= 4 is 5.82 Å². The van der Waals surface area contributed by atoms with E-state index >= 15 is 0 Å². The highest BCUT2D eigenvalue weighted by Crippen LogP contribution is 2.20. The number of nitrogens with zero attached hydrogens (tertiary/aromatic N) is 5. The summed E-state index contributed by atoms with van der Waals surface area (Å²) in [5.74, 6) is 1.70. The Kier molecular flexibility index (Phi) is 3.39. The first-order valence-corrected chi connectivity index (χ1v) is 6.72. The molecule has 0 saturated carbocycles. The molecule has 108 valence electrons. The van der Waals surface area contributed by atoms with Gasteiger partial charge in [0.2, 0.25) is 0 Å². The van der Waals surface area contributed by atoms with Crippen LogP contribution in [0.3, 0.4) is 0 Å². The van der Waals surface area contributed by atoms with E-state index in [1.54, 1.807) is 4.68 Å². The van der Waals surface area contributed by atoms with Gasteiger partial charge in [0.25, 0.3) is 5.89 Å². The van der Waals surface area contributed by atoms with Gasteiger partial charge in [-0.1, -0.05) is 42.4 Å². The average molecular weight is 284 g/mol. The molecule has 0 fully saturated rings. The lowest BCUT2D eigenvalue weighted by Gasteiger charge is -2.07. The number of anilines is 1. The quantitative estimate of drug-likeness (QED) is 0.788. The van der Waals surface area contributed by atoms with Gasteiger partial charge in [-0.25, -0.2) is 4.68 Å². The molecular weight excluding hydrogens is 268 g/mol. The number of rotatable bonds is 4. The number of benzene rings is 1. The predicted octanol–water partition coefficient (Wildman–Crippen LogP) is 2.08. The summed E-state index contributed by atoms with van der Waals surface area (Å²) in [5, 5.41) is 11.9. The van der Waals surface area contributed by atoms with Gasteiger partial charge in [0.05, 0.1) is 5.69 Å². The van der Waals surface area contributed by atoms with E-state index in [4.69, 9.17) is 10.3 Å². The standard InChI is InChI=1S/C14H16N6O/c1-9(2)12-13(15)17-19-20(12)8-11-16-14(21-18-11)10-6-4-3-5-7-10/h3-7,9H,8,15H2,1-2H3. The highest BCUT2D eigenvalue weighted by molar-refractivity contribution is 5.52. The van der Waals surface area contributed by atoms with Gasteiger partial charge in [-0.15, -0.1) is 5.10 Å². The molecule has 3 aromatic rings. The summed E-state index contributed by atoms with van der Waals surface area (Å²) < 4.78 is 6.98.